The van der Waals surface area contributed by atoms with E-state index in [1.165, 1.54) is 11.8 Å². The Balaban J connectivity index is 2.10. The van der Waals surface area contributed by atoms with Crippen LogP contribution in [0, 0.1) is 6.92 Å². The summed E-state index contributed by atoms with van der Waals surface area (Å²) in [6.07, 6.45) is 0. The van der Waals surface area contributed by atoms with Gasteiger partial charge in [0.05, 0.1) is 16.0 Å². The van der Waals surface area contributed by atoms with Gasteiger partial charge in [-0.2, -0.15) is 5.10 Å². The molecule has 1 aliphatic rings. The number of H-pyrrole nitrogens is 1. The van der Waals surface area contributed by atoms with Crippen LogP contribution in [0.25, 0.3) is 0 Å². The second kappa shape index (κ2) is 5.03. The zero-order valence-corrected chi connectivity index (χ0v) is 12.2. The van der Waals surface area contributed by atoms with E-state index in [9.17, 15) is 9.90 Å². The van der Waals surface area contributed by atoms with Crippen LogP contribution >= 0.6 is 23.4 Å². The number of hydrogen-bond acceptors (Lipinski definition) is 4. The van der Waals surface area contributed by atoms with Gasteiger partial charge in [-0.1, -0.05) is 17.7 Å². The summed E-state index contributed by atoms with van der Waals surface area (Å²) < 4.78 is 0. The molecule has 20 heavy (non-hydrogen) atoms. The number of aryl methyl sites for hydroxylation is 1. The molecule has 3 rings (SSSR count). The molecule has 7 heteroatoms. The number of benzene rings is 1. The van der Waals surface area contributed by atoms with E-state index >= 15 is 0 Å². The standard InChI is InChI=1S/C13H12ClN3O2S/c1-6-11-12(7-2-3-9(18)8(14)4-7)20-5-10(19)15-13(11)17-16-6/h2-4,12,18H,5H2,1H3,(H2,15,16,17,19)/t12-/m0/s1. The first kappa shape index (κ1) is 13.3. The van der Waals surface area contributed by atoms with Crippen molar-refractivity contribution in [3.63, 3.8) is 0 Å². The van der Waals surface area contributed by atoms with Crippen LogP contribution < -0.4 is 5.32 Å². The van der Waals surface area contributed by atoms with Crippen molar-refractivity contribution in [2.45, 2.75) is 12.2 Å². The lowest BCUT2D eigenvalue weighted by molar-refractivity contribution is -0.113. The zero-order valence-electron chi connectivity index (χ0n) is 10.6. The molecule has 1 amide bonds. The summed E-state index contributed by atoms with van der Waals surface area (Å²) in [6.45, 7) is 1.92. The molecule has 1 aromatic heterocycles. The van der Waals surface area contributed by atoms with Gasteiger partial charge in [-0.15, -0.1) is 11.8 Å². The first-order valence-corrected chi connectivity index (χ1v) is 7.43. The Morgan fingerprint density at radius 1 is 1.50 bits per heavy atom. The minimum atomic E-state index is -0.0740. The largest absolute Gasteiger partial charge is 0.506 e. The zero-order chi connectivity index (χ0) is 14.3. The van der Waals surface area contributed by atoms with E-state index in [2.05, 4.69) is 15.5 Å². The SMILES string of the molecule is Cc1[nH]nc2c1[C@H](c1ccc(O)c(Cl)c1)SCC(=O)N2. The predicted molar refractivity (Wildman–Crippen MR) is 79.4 cm³/mol. The molecule has 0 saturated heterocycles. The lowest BCUT2D eigenvalue weighted by Crippen LogP contribution is -2.12. The van der Waals surface area contributed by atoms with Crippen molar-refractivity contribution in [1.82, 2.24) is 10.2 Å². The van der Waals surface area contributed by atoms with E-state index in [1.54, 1.807) is 12.1 Å². The highest BCUT2D eigenvalue weighted by molar-refractivity contribution is 8.00. The van der Waals surface area contributed by atoms with Crippen LogP contribution in [0.5, 0.6) is 5.75 Å². The van der Waals surface area contributed by atoms with Crippen LogP contribution in [0.15, 0.2) is 18.2 Å². The number of aromatic amines is 1. The normalized spacial score (nSPS) is 18.3. The lowest BCUT2D eigenvalue weighted by Gasteiger charge is -2.15. The molecule has 0 aliphatic carbocycles. The van der Waals surface area contributed by atoms with Crippen LogP contribution in [0.4, 0.5) is 5.82 Å². The van der Waals surface area contributed by atoms with Gasteiger partial charge in [0.25, 0.3) is 0 Å². The number of halogens is 1. The molecule has 0 unspecified atom stereocenters. The fraction of sp³-hybridized carbons (Fsp3) is 0.231. The van der Waals surface area contributed by atoms with E-state index in [4.69, 9.17) is 11.6 Å². The predicted octanol–water partition coefficient (Wildman–Crippen LogP) is 2.85. The Labute approximate surface area is 124 Å². The monoisotopic (exact) mass is 309 g/mol. The number of carbonyl (C=O) groups is 1. The van der Waals surface area contributed by atoms with Crippen molar-refractivity contribution in [1.29, 1.82) is 0 Å². The van der Waals surface area contributed by atoms with Crippen molar-refractivity contribution in [2.24, 2.45) is 0 Å². The summed E-state index contributed by atoms with van der Waals surface area (Å²) >= 11 is 7.49. The number of phenolic OH excluding ortho intramolecular Hbond substituents is 1. The minimum Gasteiger partial charge on any atom is -0.506 e. The quantitative estimate of drug-likeness (QED) is 0.757. The second-order valence-electron chi connectivity index (χ2n) is 4.56. The highest BCUT2D eigenvalue weighted by Crippen LogP contribution is 2.43. The third kappa shape index (κ3) is 2.25. The van der Waals surface area contributed by atoms with E-state index in [-0.39, 0.29) is 16.9 Å². The molecule has 2 heterocycles. The van der Waals surface area contributed by atoms with E-state index in [0.29, 0.717) is 16.6 Å². The van der Waals surface area contributed by atoms with Crippen LogP contribution in [0.1, 0.15) is 22.1 Å². The van der Waals surface area contributed by atoms with Crippen molar-refractivity contribution < 1.29 is 9.90 Å². The first-order chi connectivity index (χ1) is 9.56. The molecule has 0 radical (unpaired) electrons. The maximum atomic E-state index is 11.7. The number of thioether (sulfide) groups is 1. The Hall–Kier alpha value is -1.66. The number of fused-ring (bicyclic) bond motifs is 1. The van der Waals surface area contributed by atoms with Crippen molar-refractivity contribution >= 4 is 35.1 Å². The average Bonchev–Trinajstić information content (AvgIpc) is 2.67. The van der Waals surface area contributed by atoms with Crippen molar-refractivity contribution in [2.75, 3.05) is 11.1 Å². The van der Waals surface area contributed by atoms with Gasteiger partial charge in [-0.05, 0) is 24.6 Å². The summed E-state index contributed by atoms with van der Waals surface area (Å²) in [7, 11) is 0. The maximum Gasteiger partial charge on any atom is 0.235 e. The van der Waals surface area contributed by atoms with Gasteiger partial charge < -0.3 is 10.4 Å². The minimum absolute atomic E-state index is 0.0485. The number of phenols is 1. The van der Waals surface area contributed by atoms with Gasteiger partial charge in [0.2, 0.25) is 5.91 Å². The summed E-state index contributed by atoms with van der Waals surface area (Å²) in [5.41, 5.74) is 2.78. The Morgan fingerprint density at radius 3 is 3.05 bits per heavy atom. The molecule has 1 atom stereocenters. The smallest absolute Gasteiger partial charge is 0.235 e. The fourth-order valence-electron chi connectivity index (χ4n) is 2.21. The lowest BCUT2D eigenvalue weighted by atomic mass is 10.0. The van der Waals surface area contributed by atoms with E-state index in [1.807, 2.05) is 13.0 Å². The number of anilines is 1. The molecule has 0 bridgehead atoms. The summed E-state index contributed by atoms with van der Waals surface area (Å²) in [5.74, 6) is 0.882. The van der Waals surface area contributed by atoms with Gasteiger partial charge in [0.1, 0.15) is 5.75 Å². The second-order valence-corrected chi connectivity index (χ2v) is 6.06. The summed E-state index contributed by atoms with van der Waals surface area (Å²) in [5, 5.41) is 19.6. The van der Waals surface area contributed by atoms with Gasteiger partial charge in [0.15, 0.2) is 5.82 Å². The molecular weight excluding hydrogens is 298 g/mol. The first-order valence-electron chi connectivity index (χ1n) is 6.01. The Kier molecular flexibility index (Phi) is 3.35. The molecule has 2 aromatic rings. The highest BCUT2D eigenvalue weighted by Gasteiger charge is 2.28. The van der Waals surface area contributed by atoms with Crippen LogP contribution in [-0.4, -0.2) is 27.0 Å². The Bertz CT molecular complexity index is 686. The Morgan fingerprint density at radius 2 is 2.30 bits per heavy atom. The van der Waals surface area contributed by atoms with Crippen molar-refractivity contribution in [3.05, 3.63) is 40.0 Å². The number of hydrogen-bond donors (Lipinski definition) is 3. The number of nitrogens with zero attached hydrogens (tertiary/aromatic N) is 1. The molecule has 1 aromatic carbocycles. The third-order valence-electron chi connectivity index (χ3n) is 3.17. The maximum absolute atomic E-state index is 11.7. The van der Waals surface area contributed by atoms with Gasteiger partial charge in [-0.3, -0.25) is 9.89 Å². The molecule has 104 valence electrons. The van der Waals surface area contributed by atoms with Crippen LogP contribution in [-0.2, 0) is 4.79 Å². The number of nitrogens with one attached hydrogen (secondary N) is 2. The van der Waals surface area contributed by atoms with Gasteiger partial charge in [-0.25, -0.2) is 0 Å². The van der Waals surface area contributed by atoms with E-state index < -0.39 is 0 Å². The molecular formula is C13H12ClN3O2S. The molecule has 0 fully saturated rings. The number of rotatable bonds is 1. The molecule has 0 spiro atoms. The topological polar surface area (TPSA) is 78.0 Å². The third-order valence-corrected chi connectivity index (χ3v) is 4.74. The molecule has 3 N–H and O–H groups in total. The fourth-order valence-corrected chi connectivity index (χ4v) is 3.59. The summed E-state index contributed by atoms with van der Waals surface area (Å²) in [6, 6.07) is 5.10. The van der Waals surface area contributed by atoms with Crippen LogP contribution in [0.3, 0.4) is 0 Å². The average molecular weight is 310 g/mol. The van der Waals surface area contributed by atoms with Crippen molar-refractivity contribution in [3.8, 4) is 5.75 Å². The van der Waals surface area contributed by atoms with Gasteiger partial charge >= 0.3 is 0 Å². The number of aromatic hydroxyl groups is 1. The van der Waals surface area contributed by atoms with Gasteiger partial charge in [0, 0.05) is 11.3 Å². The van der Waals surface area contributed by atoms with E-state index in [0.717, 1.165) is 16.8 Å². The summed E-state index contributed by atoms with van der Waals surface area (Å²) in [4.78, 5) is 11.7. The molecule has 5 nitrogen and oxygen atoms in total. The van der Waals surface area contributed by atoms with Crippen LogP contribution in [0.2, 0.25) is 5.02 Å². The highest BCUT2D eigenvalue weighted by atomic mass is 35.5. The number of amides is 1. The molecule has 0 saturated carbocycles. The number of aromatic nitrogens is 2. The molecule has 1 aliphatic heterocycles. The number of carbonyl (C=O) groups excluding carboxylic acids is 1.